The molecule has 21 heavy (non-hydrogen) atoms. The smallest absolute Gasteiger partial charge is 0.384 e. The average molecular weight is 325 g/mol. The van der Waals surface area contributed by atoms with E-state index in [-0.39, 0.29) is 11.6 Å². The first kappa shape index (κ1) is 16.1. The lowest BCUT2D eigenvalue weighted by Gasteiger charge is -2.17. The van der Waals surface area contributed by atoms with E-state index in [1.807, 2.05) is 6.92 Å². The quantitative estimate of drug-likeness (QED) is 0.842. The summed E-state index contributed by atoms with van der Waals surface area (Å²) in [4.78, 5) is -1.07. The fourth-order valence-electron chi connectivity index (χ4n) is 2.09. The van der Waals surface area contributed by atoms with Gasteiger partial charge in [-0.1, -0.05) is 6.92 Å². The van der Waals surface area contributed by atoms with Gasteiger partial charge in [0, 0.05) is 6.54 Å². The van der Waals surface area contributed by atoms with Crippen molar-refractivity contribution in [1.29, 1.82) is 0 Å². The highest BCUT2D eigenvalue weighted by atomic mass is 32.2. The van der Waals surface area contributed by atoms with Gasteiger partial charge >= 0.3 is 5.51 Å². The summed E-state index contributed by atoms with van der Waals surface area (Å²) in [7, 11) is -5.58. The van der Waals surface area contributed by atoms with Crippen LogP contribution in [0.25, 0.3) is 0 Å². The van der Waals surface area contributed by atoms with Crippen molar-refractivity contribution in [2.75, 3.05) is 11.9 Å². The van der Waals surface area contributed by atoms with Crippen LogP contribution in [0.15, 0.2) is 23.1 Å². The molecule has 118 valence electrons. The molecule has 0 spiro atoms. The summed E-state index contributed by atoms with van der Waals surface area (Å²) >= 11 is 0. The first-order valence-corrected chi connectivity index (χ1v) is 7.96. The molecule has 1 aromatic carbocycles. The van der Waals surface area contributed by atoms with E-state index in [2.05, 4.69) is 5.32 Å². The van der Waals surface area contributed by atoms with Crippen LogP contribution in [0.1, 0.15) is 19.8 Å². The number of sulfone groups is 1. The number of hydrogen-bond acceptors (Lipinski definition) is 3. The lowest BCUT2D eigenvalue weighted by Crippen LogP contribution is -2.25. The zero-order valence-corrected chi connectivity index (χ0v) is 12.1. The number of nitrogens with one attached hydrogen (secondary N) is 1. The van der Waals surface area contributed by atoms with Crippen LogP contribution in [-0.2, 0) is 9.84 Å². The van der Waals surface area contributed by atoms with E-state index in [4.69, 9.17) is 0 Å². The van der Waals surface area contributed by atoms with Crippen LogP contribution >= 0.6 is 0 Å². The van der Waals surface area contributed by atoms with Crippen molar-refractivity contribution in [2.45, 2.75) is 30.2 Å². The van der Waals surface area contributed by atoms with E-state index in [0.29, 0.717) is 18.5 Å². The van der Waals surface area contributed by atoms with Crippen LogP contribution in [0.2, 0.25) is 0 Å². The normalized spacial score (nSPS) is 17.6. The van der Waals surface area contributed by atoms with Crippen LogP contribution in [0.4, 0.5) is 23.2 Å². The molecule has 2 rings (SSSR count). The van der Waals surface area contributed by atoms with Gasteiger partial charge in [0.05, 0.1) is 5.69 Å². The maximum Gasteiger partial charge on any atom is 0.501 e. The third-order valence-corrected chi connectivity index (χ3v) is 5.11. The van der Waals surface area contributed by atoms with E-state index in [0.717, 1.165) is 25.0 Å². The van der Waals surface area contributed by atoms with Crippen LogP contribution in [-0.4, -0.2) is 20.5 Å². The molecule has 0 heterocycles. The number of halogens is 4. The van der Waals surface area contributed by atoms with Crippen molar-refractivity contribution in [3.63, 3.8) is 0 Å². The Morgan fingerprint density at radius 2 is 1.95 bits per heavy atom. The molecule has 1 fully saturated rings. The maximum absolute atomic E-state index is 13.1. The summed E-state index contributed by atoms with van der Waals surface area (Å²) in [5.74, 6) is -0.296. The second-order valence-electron chi connectivity index (χ2n) is 5.29. The minimum absolute atomic E-state index is 0.219. The molecule has 0 saturated heterocycles. The average Bonchev–Trinajstić information content (AvgIpc) is 3.19. The van der Waals surface area contributed by atoms with Gasteiger partial charge in [-0.2, -0.15) is 13.2 Å². The van der Waals surface area contributed by atoms with Gasteiger partial charge < -0.3 is 5.32 Å². The predicted octanol–water partition coefficient (Wildman–Crippen LogP) is 3.58. The van der Waals surface area contributed by atoms with Gasteiger partial charge in [-0.25, -0.2) is 12.8 Å². The Hall–Kier alpha value is -1.31. The number of benzene rings is 1. The summed E-state index contributed by atoms with van der Waals surface area (Å²) in [6, 6.07) is 2.35. The molecule has 1 aromatic rings. The van der Waals surface area contributed by atoms with Gasteiger partial charge in [-0.15, -0.1) is 0 Å². The molecule has 0 aliphatic heterocycles. The standard InChI is InChI=1S/C13H15F4NO2S/c1-8(9-2-3-9)7-18-11-5-4-10(14)6-12(11)21(19,20)13(15,16)17/h4-6,8-9,18H,2-3,7H2,1H3. The van der Waals surface area contributed by atoms with Crippen molar-refractivity contribution >= 4 is 15.5 Å². The van der Waals surface area contributed by atoms with Gasteiger partial charge in [-0.3, -0.25) is 0 Å². The van der Waals surface area contributed by atoms with Crippen molar-refractivity contribution in [3.8, 4) is 0 Å². The van der Waals surface area contributed by atoms with E-state index in [1.165, 1.54) is 0 Å². The third-order valence-electron chi connectivity index (χ3n) is 3.58. The minimum atomic E-state index is -5.58. The topological polar surface area (TPSA) is 46.2 Å². The predicted molar refractivity (Wildman–Crippen MR) is 70.0 cm³/mol. The molecule has 8 heteroatoms. The highest BCUT2D eigenvalue weighted by Gasteiger charge is 2.48. The Bertz CT molecular complexity index is 624. The second kappa shape index (κ2) is 5.47. The van der Waals surface area contributed by atoms with Crippen LogP contribution < -0.4 is 5.32 Å². The molecule has 0 bridgehead atoms. The van der Waals surface area contributed by atoms with E-state index in [9.17, 15) is 26.0 Å². The monoisotopic (exact) mass is 325 g/mol. The molecule has 1 aliphatic carbocycles. The molecular weight excluding hydrogens is 310 g/mol. The van der Waals surface area contributed by atoms with Gasteiger partial charge in [0.2, 0.25) is 0 Å². The Balaban J connectivity index is 2.29. The maximum atomic E-state index is 13.1. The van der Waals surface area contributed by atoms with Crippen LogP contribution in [0, 0.1) is 17.7 Å². The zero-order chi connectivity index (χ0) is 15.8. The lowest BCUT2D eigenvalue weighted by molar-refractivity contribution is -0.0435. The fraction of sp³-hybridized carbons (Fsp3) is 0.538. The summed E-state index contributed by atoms with van der Waals surface area (Å²) in [5.41, 5.74) is -5.68. The minimum Gasteiger partial charge on any atom is -0.384 e. The molecule has 1 aliphatic rings. The van der Waals surface area contributed by atoms with Crippen molar-refractivity contribution in [2.24, 2.45) is 11.8 Å². The highest BCUT2D eigenvalue weighted by Crippen LogP contribution is 2.38. The van der Waals surface area contributed by atoms with Gasteiger partial charge in [-0.05, 0) is 42.9 Å². The first-order chi connectivity index (χ1) is 9.63. The molecule has 1 atom stereocenters. The Morgan fingerprint density at radius 3 is 2.48 bits per heavy atom. The first-order valence-electron chi connectivity index (χ1n) is 6.47. The van der Waals surface area contributed by atoms with Crippen molar-refractivity contribution < 1.29 is 26.0 Å². The summed E-state index contributed by atoms with van der Waals surface area (Å²) in [5, 5.41) is 2.69. The van der Waals surface area contributed by atoms with Gasteiger partial charge in [0.15, 0.2) is 0 Å². The van der Waals surface area contributed by atoms with Crippen LogP contribution in [0.3, 0.4) is 0 Å². The van der Waals surface area contributed by atoms with E-state index >= 15 is 0 Å². The number of hydrogen-bond donors (Lipinski definition) is 1. The fourth-order valence-corrected chi connectivity index (χ4v) is 3.04. The third kappa shape index (κ3) is 3.48. The van der Waals surface area contributed by atoms with Gasteiger partial charge in [0.25, 0.3) is 9.84 Å². The zero-order valence-electron chi connectivity index (χ0n) is 11.2. The van der Waals surface area contributed by atoms with E-state index in [1.54, 1.807) is 0 Å². The summed E-state index contributed by atoms with van der Waals surface area (Å²) < 4.78 is 74.0. The Labute approximate surface area is 120 Å². The summed E-state index contributed by atoms with van der Waals surface area (Å²) in [6.45, 7) is 2.28. The number of rotatable bonds is 5. The largest absolute Gasteiger partial charge is 0.501 e. The molecular formula is C13H15F4NO2S. The molecule has 1 unspecified atom stereocenters. The van der Waals surface area contributed by atoms with Gasteiger partial charge in [0.1, 0.15) is 10.7 Å². The molecule has 1 saturated carbocycles. The number of alkyl halides is 3. The highest BCUT2D eigenvalue weighted by molar-refractivity contribution is 7.92. The SMILES string of the molecule is CC(CNc1ccc(F)cc1S(=O)(=O)C(F)(F)F)C1CC1. The molecule has 0 aromatic heterocycles. The molecule has 1 N–H and O–H groups in total. The van der Waals surface area contributed by atoms with E-state index < -0.39 is 26.1 Å². The molecule has 0 amide bonds. The lowest BCUT2D eigenvalue weighted by atomic mass is 10.1. The van der Waals surface area contributed by atoms with Crippen molar-refractivity contribution in [3.05, 3.63) is 24.0 Å². The molecule has 0 radical (unpaired) electrons. The number of anilines is 1. The second-order valence-corrected chi connectivity index (χ2v) is 7.19. The van der Waals surface area contributed by atoms with Crippen molar-refractivity contribution in [1.82, 2.24) is 0 Å². The summed E-state index contributed by atoms with van der Waals surface area (Å²) in [6.07, 6.45) is 2.14. The van der Waals surface area contributed by atoms with Crippen LogP contribution in [0.5, 0.6) is 0 Å². The Morgan fingerprint density at radius 1 is 1.33 bits per heavy atom. The molecule has 3 nitrogen and oxygen atoms in total. The Kier molecular flexibility index (Phi) is 4.19.